The topological polar surface area (TPSA) is 50.2 Å². The summed E-state index contributed by atoms with van der Waals surface area (Å²) in [4.78, 5) is 16.3. The molecule has 0 aliphatic rings. The molecule has 0 amide bonds. The van der Waals surface area contributed by atoms with Crippen molar-refractivity contribution in [2.45, 2.75) is 9.79 Å². The minimum atomic E-state index is -0.993. The highest BCUT2D eigenvalue weighted by atomic mass is 35.5. The lowest BCUT2D eigenvalue weighted by molar-refractivity contribution is 0.0692. The van der Waals surface area contributed by atoms with Gasteiger partial charge in [0.1, 0.15) is 0 Å². The predicted molar refractivity (Wildman–Crippen MR) is 66.8 cm³/mol. The fourth-order valence-corrected chi connectivity index (χ4v) is 2.46. The van der Waals surface area contributed by atoms with Gasteiger partial charge in [-0.1, -0.05) is 35.5 Å². The first-order valence-electron chi connectivity index (χ1n) is 4.78. The zero-order valence-corrected chi connectivity index (χ0v) is 10.2. The molecule has 0 atom stereocenters. The average Bonchev–Trinajstić information content (AvgIpc) is 2.32. The Morgan fingerprint density at radius 2 is 2.00 bits per heavy atom. The van der Waals surface area contributed by atoms with Crippen molar-refractivity contribution in [2.75, 3.05) is 0 Å². The molecule has 86 valence electrons. The van der Waals surface area contributed by atoms with E-state index in [4.69, 9.17) is 16.7 Å². The van der Waals surface area contributed by atoms with Crippen LogP contribution in [0.15, 0.2) is 52.5 Å². The molecule has 2 rings (SSSR count). The molecule has 1 aromatic carbocycles. The second-order valence-electron chi connectivity index (χ2n) is 3.21. The van der Waals surface area contributed by atoms with Crippen LogP contribution in [0.3, 0.4) is 0 Å². The highest BCUT2D eigenvalue weighted by Crippen LogP contribution is 2.34. The van der Waals surface area contributed by atoms with Gasteiger partial charge in [0.25, 0.3) is 0 Å². The summed E-state index contributed by atoms with van der Waals surface area (Å²) in [5, 5.41) is 9.63. The van der Waals surface area contributed by atoms with Gasteiger partial charge in [0.15, 0.2) is 0 Å². The average molecular weight is 266 g/mol. The Labute approximate surface area is 107 Å². The highest BCUT2D eigenvalue weighted by Gasteiger charge is 2.11. The molecule has 1 heterocycles. The third-order valence-corrected chi connectivity index (χ3v) is 3.66. The SMILES string of the molecule is O=C(O)c1cnccc1Sc1ccccc1Cl. The van der Waals surface area contributed by atoms with Gasteiger partial charge in [-0.25, -0.2) is 4.79 Å². The second kappa shape index (κ2) is 5.21. The third kappa shape index (κ3) is 2.78. The molecule has 0 aliphatic carbocycles. The molecule has 0 bridgehead atoms. The number of rotatable bonds is 3. The Morgan fingerprint density at radius 3 is 2.71 bits per heavy atom. The van der Waals surface area contributed by atoms with Crippen LogP contribution in [0.2, 0.25) is 5.02 Å². The van der Waals surface area contributed by atoms with Crippen LogP contribution in [0.25, 0.3) is 0 Å². The number of carbonyl (C=O) groups is 1. The van der Waals surface area contributed by atoms with Crippen LogP contribution in [-0.2, 0) is 0 Å². The standard InChI is InChI=1S/C12H8ClNO2S/c13-9-3-1-2-4-11(9)17-10-5-6-14-7-8(10)12(15)16/h1-7H,(H,15,16). The molecule has 0 saturated carbocycles. The maximum absolute atomic E-state index is 11.0. The van der Waals surface area contributed by atoms with Gasteiger partial charge in [-0.05, 0) is 18.2 Å². The molecule has 0 saturated heterocycles. The van der Waals surface area contributed by atoms with Gasteiger partial charge in [-0.3, -0.25) is 4.98 Å². The van der Waals surface area contributed by atoms with Crippen LogP contribution < -0.4 is 0 Å². The van der Waals surface area contributed by atoms with E-state index in [9.17, 15) is 4.79 Å². The van der Waals surface area contributed by atoms with Gasteiger partial charge >= 0.3 is 5.97 Å². The van der Waals surface area contributed by atoms with E-state index in [1.54, 1.807) is 18.3 Å². The first-order valence-corrected chi connectivity index (χ1v) is 5.97. The van der Waals surface area contributed by atoms with Crippen molar-refractivity contribution < 1.29 is 9.90 Å². The summed E-state index contributed by atoms with van der Waals surface area (Å²) in [5.41, 5.74) is 0.178. The normalized spacial score (nSPS) is 10.2. The number of halogens is 1. The van der Waals surface area contributed by atoms with Crippen molar-refractivity contribution in [3.05, 3.63) is 53.3 Å². The zero-order chi connectivity index (χ0) is 12.3. The Kier molecular flexibility index (Phi) is 3.66. The molecule has 1 aromatic heterocycles. The molecule has 1 N–H and O–H groups in total. The van der Waals surface area contributed by atoms with Crippen LogP contribution in [0.5, 0.6) is 0 Å². The molecule has 0 radical (unpaired) electrons. The minimum Gasteiger partial charge on any atom is -0.478 e. The summed E-state index contributed by atoms with van der Waals surface area (Å²) >= 11 is 7.34. The number of aromatic carboxylic acids is 1. The monoisotopic (exact) mass is 265 g/mol. The lowest BCUT2D eigenvalue weighted by Crippen LogP contribution is -1.99. The maximum atomic E-state index is 11.0. The van der Waals surface area contributed by atoms with Gasteiger partial charge in [-0.15, -0.1) is 0 Å². The number of carboxylic acids is 1. The maximum Gasteiger partial charge on any atom is 0.338 e. The molecule has 3 nitrogen and oxygen atoms in total. The largest absolute Gasteiger partial charge is 0.478 e. The van der Waals surface area contributed by atoms with Gasteiger partial charge in [0.05, 0.1) is 10.6 Å². The zero-order valence-electron chi connectivity index (χ0n) is 8.63. The summed E-state index contributed by atoms with van der Waals surface area (Å²) in [6.07, 6.45) is 2.90. The first kappa shape index (κ1) is 12.0. The molecule has 0 unspecified atom stereocenters. The minimum absolute atomic E-state index is 0.178. The second-order valence-corrected chi connectivity index (χ2v) is 4.70. The van der Waals surface area contributed by atoms with Crippen LogP contribution in [-0.4, -0.2) is 16.1 Å². The van der Waals surface area contributed by atoms with E-state index in [2.05, 4.69) is 4.98 Å². The number of hydrogen-bond donors (Lipinski definition) is 1. The van der Waals surface area contributed by atoms with Crippen LogP contribution in [0, 0.1) is 0 Å². The number of benzene rings is 1. The van der Waals surface area contributed by atoms with Gasteiger partial charge in [0, 0.05) is 22.2 Å². The lowest BCUT2D eigenvalue weighted by Gasteiger charge is -2.06. The van der Waals surface area contributed by atoms with Crippen molar-refractivity contribution in [3.8, 4) is 0 Å². The van der Waals surface area contributed by atoms with E-state index < -0.39 is 5.97 Å². The van der Waals surface area contributed by atoms with E-state index in [1.807, 2.05) is 18.2 Å². The summed E-state index contributed by atoms with van der Waals surface area (Å²) in [7, 11) is 0. The molecule has 0 fully saturated rings. The Balaban J connectivity index is 2.37. The number of hydrogen-bond acceptors (Lipinski definition) is 3. The Morgan fingerprint density at radius 1 is 1.24 bits per heavy atom. The third-order valence-electron chi connectivity index (χ3n) is 2.07. The van der Waals surface area contributed by atoms with Crippen molar-refractivity contribution >= 4 is 29.3 Å². The lowest BCUT2D eigenvalue weighted by atomic mass is 10.3. The van der Waals surface area contributed by atoms with E-state index in [-0.39, 0.29) is 5.56 Å². The van der Waals surface area contributed by atoms with E-state index in [1.165, 1.54) is 18.0 Å². The van der Waals surface area contributed by atoms with Gasteiger partial charge < -0.3 is 5.11 Å². The fourth-order valence-electron chi connectivity index (χ4n) is 1.28. The van der Waals surface area contributed by atoms with Crippen molar-refractivity contribution in [2.24, 2.45) is 0 Å². The highest BCUT2D eigenvalue weighted by molar-refractivity contribution is 7.99. The predicted octanol–water partition coefficient (Wildman–Crippen LogP) is 3.58. The van der Waals surface area contributed by atoms with Crippen LogP contribution in [0.4, 0.5) is 0 Å². The van der Waals surface area contributed by atoms with Crippen molar-refractivity contribution in [1.29, 1.82) is 0 Å². The summed E-state index contributed by atoms with van der Waals surface area (Å²) in [6.45, 7) is 0. The van der Waals surface area contributed by atoms with E-state index >= 15 is 0 Å². The molecular formula is C12H8ClNO2S. The molecule has 0 aliphatic heterocycles. The Bertz CT molecular complexity index is 560. The molecule has 5 heteroatoms. The van der Waals surface area contributed by atoms with Crippen LogP contribution >= 0.6 is 23.4 Å². The van der Waals surface area contributed by atoms with E-state index in [0.717, 1.165) is 4.90 Å². The number of carboxylic acid groups (broad SMARTS) is 1. The van der Waals surface area contributed by atoms with Crippen molar-refractivity contribution in [1.82, 2.24) is 4.98 Å². The summed E-state index contributed by atoms with van der Waals surface area (Å²) < 4.78 is 0. The summed E-state index contributed by atoms with van der Waals surface area (Å²) in [5.74, 6) is -0.993. The smallest absolute Gasteiger partial charge is 0.338 e. The van der Waals surface area contributed by atoms with Crippen molar-refractivity contribution in [3.63, 3.8) is 0 Å². The van der Waals surface area contributed by atoms with Crippen LogP contribution in [0.1, 0.15) is 10.4 Å². The quantitative estimate of drug-likeness (QED) is 0.921. The molecular weight excluding hydrogens is 258 g/mol. The molecule has 2 aromatic rings. The number of nitrogens with zero attached hydrogens (tertiary/aromatic N) is 1. The van der Waals surface area contributed by atoms with Gasteiger partial charge in [0.2, 0.25) is 0 Å². The molecule has 0 spiro atoms. The first-order chi connectivity index (χ1) is 8.18. The van der Waals surface area contributed by atoms with E-state index in [0.29, 0.717) is 9.92 Å². The molecule has 17 heavy (non-hydrogen) atoms. The Hall–Kier alpha value is -1.52. The van der Waals surface area contributed by atoms with Gasteiger partial charge in [-0.2, -0.15) is 0 Å². The number of pyridine rings is 1. The summed E-state index contributed by atoms with van der Waals surface area (Å²) in [6, 6.07) is 8.97. The fraction of sp³-hybridized carbons (Fsp3) is 0. The number of aromatic nitrogens is 1.